The van der Waals surface area contributed by atoms with Gasteiger partial charge in [-0.25, -0.2) is 0 Å². The lowest BCUT2D eigenvalue weighted by Gasteiger charge is -2.29. The summed E-state index contributed by atoms with van der Waals surface area (Å²) in [5.41, 5.74) is 22.7. The summed E-state index contributed by atoms with van der Waals surface area (Å²) in [5, 5.41) is 0. The van der Waals surface area contributed by atoms with Gasteiger partial charge in [-0.1, -0.05) is 0 Å². The molecule has 0 aromatic carbocycles. The Labute approximate surface area is 109 Å². The molecule has 16 N–H and O–H groups in total. The molecular weight excluding hydrogens is 240 g/mol. The van der Waals surface area contributed by atoms with Gasteiger partial charge in [-0.2, -0.15) is 0 Å². The molecule has 0 saturated carbocycles. The fourth-order valence-corrected chi connectivity index (χ4v) is 1.74. The van der Waals surface area contributed by atoms with Crippen molar-refractivity contribution in [3.63, 3.8) is 0 Å². The van der Waals surface area contributed by atoms with E-state index in [0.29, 0.717) is 19.6 Å². The van der Waals surface area contributed by atoms with E-state index in [1.165, 1.54) is 0 Å². The van der Waals surface area contributed by atoms with E-state index in [1.54, 1.807) is 0 Å². The first-order chi connectivity index (χ1) is 6.68. The first-order valence-corrected chi connectivity index (χ1v) is 5.57. The van der Waals surface area contributed by atoms with Crippen LogP contribution in [0.5, 0.6) is 0 Å². The van der Waals surface area contributed by atoms with Crippen LogP contribution in [0.4, 0.5) is 0 Å². The molecule has 0 spiro atoms. The average Bonchev–Trinajstić information content (AvgIpc) is 2.21. The molecule has 8 nitrogen and oxygen atoms in total. The Balaban J connectivity index is -0.000000141. The molecular formula is C10H34N4O4. The molecule has 0 amide bonds. The van der Waals surface area contributed by atoms with E-state index in [-0.39, 0.29) is 27.4 Å². The van der Waals surface area contributed by atoms with Crippen molar-refractivity contribution in [3.05, 3.63) is 0 Å². The summed E-state index contributed by atoms with van der Waals surface area (Å²) >= 11 is 0. The van der Waals surface area contributed by atoms with Crippen LogP contribution >= 0.6 is 0 Å². The lowest BCUT2D eigenvalue weighted by Crippen LogP contribution is -2.41. The zero-order chi connectivity index (χ0) is 10.9. The smallest absolute Gasteiger partial charge is 0.0155 e. The zero-order valence-electron chi connectivity index (χ0n) is 11.2. The second-order valence-corrected chi connectivity index (χ2v) is 4.04. The zero-order valence-corrected chi connectivity index (χ0v) is 11.2. The van der Waals surface area contributed by atoms with E-state index in [9.17, 15) is 0 Å². The van der Waals surface area contributed by atoms with E-state index in [4.69, 9.17) is 22.9 Å². The maximum atomic E-state index is 6.29. The van der Waals surface area contributed by atoms with Crippen molar-refractivity contribution in [3.8, 4) is 0 Å². The standard InChI is InChI=1S/C10H26N4.4H2O/c11-7-1-4-10(14,5-2-8-12)6-3-9-13;;;;/h1-9,11-14H2;4*1H2. The van der Waals surface area contributed by atoms with Gasteiger partial charge in [0.05, 0.1) is 0 Å². The number of hydrogen-bond donors (Lipinski definition) is 4. The van der Waals surface area contributed by atoms with Gasteiger partial charge in [0.2, 0.25) is 0 Å². The molecule has 0 aromatic heterocycles. The normalized spacial score (nSPS) is 9.33. The summed E-state index contributed by atoms with van der Waals surface area (Å²) in [6, 6.07) is 0. The summed E-state index contributed by atoms with van der Waals surface area (Å²) in [6.07, 6.45) is 5.94. The third kappa shape index (κ3) is 15.7. The Morgan fingerprint density at radius 3 is 0.944 bits per heavy atom. The highest BCUT2D eigenvalue weighted by Crippen LogP contribution is 2.21. The maximum Gasteiger partial charge on any atom is 0.0155 e. The predicted molar refractivity (Wildman–Crippen MR) is 76.2 cm³/mol. The summed E-state index contributed by atoms with van der Waals surface area (Å²) in [7, 11) is 0. The van der Waals surface area contributed by atoms with Gasteiger partial charge in [0.1, 0.15) is 0 Å². The van der Waals surface area contributed by atoms with Crippen LogP contribution in [0.25, 0.3) is 0 Å². The van der Waals surface area contributed by atoms with Crippen molar-refractivity contribution < 1.29 is 21.9 Å². The highest BCUT2D eigenvalue weighted by atomic mass is 16.0. The molecule has 0 heterocycles. The van der Waals surface area contributed by atoms with Gasteiger partial charge in [0.25, 0.3) is 0 Å². The molecule has 0 saturated heterocycles. The van der Waals surface area contributed by atoms with Crippen molar-refractivity contribution in [1.82, 2.24) is 0 Å². The van der Waals surface area contributed by atoms with E-state index >= 15 is 0 Å². The molecule has 0 fully saturated rings. The molecule has 0 unspecified atom stereocenters. The van der Waals surface area contributed by atoms with Gasteiger partial charge in [-0.15, -0.1) is 0 Å². The quantitative estimate of drug-likeness (QED) is 0.336. The number of hydrogen-bond acceptors (Lipinski definition) is 4. The molecule has 0 bridgehead atoms. The predicted octanol–water partition coefficient (Wildman–Crippen LogP) is -3.40. The topological polar surface area (TPSA) is 230 Å². The van der Waals surface area contributed by atoms with E-state index < -0.39 is 0 Å². The third-order valence-electron chi connectivity index (χ3n) is 2.64. The molecule has 0 aliphatic heterocycles. The van der Waals surface area contributed by atoms with E-state index in [1.807, 2.05) is 0 Å². The minimum absolute atomic E-state index is 0. The van der Waals surface area contributed by atoms with Crippen LogP contribution in [0.15, 0.2) is 0 Å². The Hall–Kier alpha value is -0.320. The van der Waals surface area contributed by atoms with Crippen molar-refractivity contribution in [2.45, 2.75) is 44.1 Å². The highest BCUT2D eigenvalue weighted by Gasteiger charge is 2.22. The van der Waals surface area contributed by atoms with Crippen LogP contribution in [0.2, 0.25) is 0 Å². The second kappa shape index (κ2) is 19.0. The van der Waals surface area contributed by atoms with Crippen LogP contribution < -0.4 is 22.9 Å². The van der Waals surface area contributed by atoms with Crippen LogP contribution in [-0.2, 0) is 0 Å². The van der Waals surface area contributed by atoms with Crippen molar-refractivity contribution in [2.24, 2.45) is 22.9 Å². The van der Waals surface area contributed by atoms with Crippen molar-refractivity contribution >= 4 is 0 Å². The minimum Gasteiger partial charge on any atom is -0.412 e. The van der Waals surface area contributed by atoms with Gasteiger partial charge in [-0.05, 0) is 58.2 Å². The Morgan fingerprint density at radius 2 is 0.778 bits per heavy atom. The molecule has 0 radical (unpaired) electrons. The van der Waals surface area contributed by atoms with E-state index in [2.05, 4.69) is 0 Å². The Kier molecular flexibility index (Phi) is 32.3. The van der Waals surface area contributed by atoms with Crippen LogP contribution in [-0.4, -0.2) is 47.1 Å². The summed E-state index contributed by atoms with van der Waals surface area (Å²) in [5.74, 6) is 0. The maximum absolute atomic E-state index is 6.29. The largest absolute Gasteiger partial charge is 0.412 e. The third-order valence-corrected chi connectivity index (χ3v) is 2.64. The summed E-state index contributed by atoms with van der Waals surface area (Å²) < 4.78 is 0. The van der Waals surface area contributed by atoms with E-state index in [0.717, 1.165) is 38.5 Å². The van der Waals surface area contributed by atoms with Gasteiger partial charge in [-0.3, -0.25) is 0 Å². The number of nitrogens with two attached hydrogens (primary N) is 4. The lowest BCUT2D eigenvalue weighted by atomic mass is 9.85. The highest BCUT2D eigenvalue weighted by molar-refractivity contribution is 4.84. The van der Waals surface area contributed by atoms with Crippen molar-refractivity contribution in [2.75, 3.05) is 19.6 Å². The summed E-state index contributed by atoms with van der Waals surface area (Å²) in [4.78, 5) is 0. The molecule has 18 heavy (non-hydrogen) atoms. The fourth-order valence-electron chi connectivity index (χ4n) is 1.74. The summed E-state index contributed by atoms with van der Waals surface area (Å²) in [6.45, 7) is 2.14. The molecule has 0 rings (SSSR count). The number of rotatable bonds is 9. The van der Waals surface area contributed by atoms with Gasteiger partial charge in [0.15, 0.2) is 0 Å². The molecule has 118 valence electrons. The second-order valence-electron chi connectivity index (χ2n) is 4.04. The van der Waals surface area contributed by atoms with Crippen LogP contribution in [0, 0.1) is 0 Å². The van der Waals surface area contributed by atoms with Crippen LogP contribution in [0.1, 0.15) is 38.5 Å². The molecule has 0 atom stereocenters. The van der Waals surface area contributed by atoms with Gasteiger partial charge >= 0.3 is 0 Å². The SMILES string of the molecule is NCCCC(N)(CCCN)CCCN.O.O.O.O. The fraction of sp³-hybridized carbons (Fsp3) is 1.00. The molecule has 0 aromatic rings. The van der Waals surface area contributed by atoms with Gasteiger partial charge < -0.3 is 44.8 Å². The first kappa shape index (κ1) is 30.6. The first-order valence-electron chi connectivity index (χ1n) is 5.57. The minimum atomic E-state index is -0.0852. The lowest BCUT2D eigenvalue weighted by molar-refractivity contribution is 0.321. The molecule has 8 heteroatoms. The monoisotopic (exact) mass is 274 g/mol. The molecule has 0 aliphatic carbocycles. The van der Waals surface area contributed by atoms with Crippen LogP contribution in [0.3, 0.4) is 0 Å². The van der Waals surface area contributed by atoms with Crippen molar-refractivity contribution in [1.29, 1.82) is 0 Å². The molecule has 0 aliphatic rings. The van der Waals surface area contributed by atoms with Gasteiger partial charge in [0, 0.05) is 5.54 Å². The Morgan fingerprint density at radius 1 is 0.556 bits per heavy atom. The Bertz CT molecular complexity index is 119. The average molecular weight is 274 g/mol.